The molecule has 8 nitrogen and oxygen atoms in total. The zero-order chi connectivity index (χ0) is 29.1. The Morgan fingerprint density at radius 3 is 2.63 bits per heavy atom. The monoisotopic (exact) mass is 568 g/mol. The molecule has 5 aromatic rings. The summed E-state index contributed by atoms with van der Waals surface area (Å²) in [4.78, 5) is 29.2. The molecule has 0 N–H and O–H groups in total. The summed E-state index contributed by atoms with van der Waals surface area (Å²) in [5.41, 5.74) is -0.300. The van der Waals surface area contributed by atoms with E-state index in [0.29, 0.717) is 28.3 Å². The van der Waals surface area contributed by atoms with E-state index in [2.05, 4.69) is 10.1 Å². The summed E-state index contributed by atoms with van der Waals surface area (Å²) in [6.45, 7) is 1.97. The number of rotatable bonds is 8. The van der Waals surface area contributed by atoms with Crippen LogP contribution < -0.4 is 10.2 Å². The number of ether oxygens (including phenoxy) is 2. The quantitative estimate of drug-likeness (QED) is 0.155. The third-order valence-electron chi connectivity index (χ3n) is 5.97. The number of carbonyl (C=O) groups excluding carboxylic acids is 1. The third-order valence-corrected chi connectivity index (χ3v) is 5.97. The highest BCUT2D eigenvalue weighted by Crippen LogP contribution is 2.32. The molecule has 0 aliphatic rings. The molecule has 0 saturated carbocycles. The van der Waals surface area contributed by atoms with E-state index in [0.717, 1.165) is 12.1 Å². The van der Waals surface area contributed by atoms with Crippen LogP contribution in [-0.2, 0) is 17.3 Å². The van der Waals surface area contributed by atoms with Gasteiger partial charge in [-0.1, -0.05) is 17.3 Å². The fourth-order valence-corrected chi connectivity index (χ4v) is 4.04. The summed E-state index contributed by atoms with van der Waals surface area (Å²) in [5, 5.41) is 3.93. The lowest BCUT2D eigenvalue weighted by Gasteiger charge is -2.08. The molecule has 0 bridgehead atoms. The van der Waals surface area contributed by atoms with Gasteiger partial charge in [-0.25, -0.2) is 9.18 Å². The van der Waals surface area contributed by atoms with E-state index in [1.165, 1.54) is 12.3 Å². The summed E-state index contributed by atoms with van der Waals surface area (Å²) in [6.07, 6.45) is -3.32. The number of alkyl halides is 3. The topological polar surface area (TPSA) is 105 Å². The molecular weight excluding hydrogens is 548 g/mol. The molecule has 0 aliphatic heterocycles. The molecule has 5 rings (SSSR count). The molecular formula is C29H20F4N2O6. The number of hydrogen-bond donors (Lipinski definition) is 0. The first-order valence-electron chi connectivity index (χ1n) is 12.3. The van der Waals surface area contributed by atoms with Crippen LogP contribution in [-0.4, -0.2) is 29.3 Å². The van der Waals surface area contributed by atoms with Crippen molar-refractivity contribution in [3.05, 3.63) is 100.0 Å². The Balaban J connectivity index is 1.27. The summed E-state index contributed by atoms with van der Waals surface area (Å²) in [5.74, 6) is -1.33. The van der Waals surface area contributed by atoms with Gasteiger partial charge in [-0.3, -0.25) is 4.79 Å². The Morgan fingerprint density at radius 2 is 1.85 bits per heavy atom. The van der Waals surface area contributed by atoms with Crippen molar-refractivity contribution in [3.63, 3.8) is 0 Å². The first-order chi connectivity index (χ1) is 19.6. The highest BCUT2D eigenvalue weighted by Gasteiger charge is 2.32. The molecule has 0 saturated heterocycles. The van der Waals surface area contributed by atoms with Crippen LogP contribution in [0, 0.1) is 5.82 Å². The molecule has 12 heteroatoms. The molecule has 3 aromatic carbocycles. The minimum Gasteiger partial charge on any atom is -0.493 e. The summed E-state index contributed by atoms with van der Waals surface area (Å²) in [6, 6.07) is 13.1. The maximum atomic E-state index is 13.7. The van der Waals surface area contributed by atoms with Gasteiger partial charge in [0.05, 0.1) is 41.7 Å². The molecule has 41 heavy (non-hydrogen) atoms. The van der Waals surface area contributed by atoms with Crippen molar-refractivity contribution in [1.82, 2.24) is 10.1 Å². The number of fused-ring (bicyclic) bond motifs is 1. The van der Waals surface area contributed by atoms with Gasteiger partial charge in [0.25, 0.3) is 0 Å². The SMILES string of the molecule is CCOC(=O)c1cccc(-c2coc3cc(OCCc4nc(-c5cc(F)cc(C(F)(F)F)c5)no4)ccc3c2=O)c1. The molecule has 0 aliphatic carbocycles. The molecule has 0 amide bonds. The van der Waals surface area contributed by atoms with E-state index in [4.69, 9.17) is 18.4 Å². The number of halogens is 4. The van der Waals surface area contributed by atoms with Crippen LogP contribution in [0.15, 0.2) is 80.7 Å². The van der Waals surface area contributed by atoms with Gasteiger partial charge in [0.15, 0.2) is 5.43 Å². The highest BCUT2D eigenvalue weighted by atomic mass is 19.4. The van der Waals surface area contributed by atoms with Crippen LogP contribution in [0.3, 0.4) is 0 Å². The van der Waals surface area contributed by atoms with Crippen LogP contribution in [0.2, 0.25) is 0 Å². The lowest BCUT2D eigenvalue weighted by Crippen LogP contribution is -2.07. The predicted molar refractivity (Wildman–Crippen MR) is 138 cm³/mol. The van der Waals surface area contributed by atoms with Gasteiger partial charge >= 0.3 is 12.1 Å². The Labute approximate surface area is 229 Å². The zero-order valence-electron chi connectivity index (χ0n) is 21.3. The number of esters is 1. The minimum absolute atomic E-state index is 0.0487. The lowest BCUT2D eigenvalue weighted by atomic mass is 10.0. The maximum absolute atomic E-state index is 13.7. The largest absolute Gasteiger partial charge is 0.493 e. The van der Waals surface area contributed by atoms with Gasteiger partial charge < -0.3 is 18.4 Å². The number of benzene rings is 3. The second-order valence-electron chi connectivity index (χ2n) is 8.77. The van der Waals surface area contributed by atoms with Crippen molar-refractivity contribution in [3.8, 4) is 28.3 Å². The lowest BCUT2D eigenvalue weighted by molar-refractivity contribution is -0.137. The van der Waals surface area contributed by atoms with Crippen molar-refractivity contribution >= 4 is 16.9 Å². The molecule has 0 radical (unpaired) electrons. The Kier molecular flexibility index (Phi) is 7.56. The van der Waals surface area contributed by atoms with E-state index in [1.54, 1.807) is 43.3 Å². The number of nitrogens with zero attached hydrogens (tertiary/aromatic N) is 2. The second kappa shape index (κ2) is 11.2. The molecule has 2 aromatic heterocycles. The van der Waals surface area contributed by atoms with Gasteiger partial charge in [0.1, 0.15) is 23.4 Å². The van der Waals surface area contributed by atoms with Crippen LogP contribution in [0.25, 0.3) is 33.5 Å². The summed E-state index contributed by atoms with van der Waals surface area (Å²) < 4.78 is 74.1. The van der Waals surface area contributed by atoms with Gasteiger partial charge in [0, 0.05) is 11.6 Å². The molecule has 2 heterocycles. The van der Waals surface area contributed by atoms with Crippen LogP contribution >= 0.6 is 0 Å². The van der Waals surface area contributed by atoms with Crippen molar-refractivity contribution in [2.75, 3.05) is 13.2 Å². The second-order valence-corrected chi connectivity index (χ2v) is 8.77. The van der Waals surface area contributed by atoms with E-state index >= 15 is 0 Å². The fraction of sp³-hybridized carbons (Fsp3) is 0.172. The van der Waals surface area contributed by atoms with Gasteiger partial charge in [0.2, 0.25) is 11.7 Å². The molecule has 0 fully saturated rings. The fourth-order valence-electron chi connectivity index (χ4n) is 4.04. The van der Waals surface area contributed by atoms with Gasteiger partial charge in [-0.05, 0) is 55.0 Å². The molecule has 0 unspecified atom stereocenters. The normalized spacial score (nSPS) is 11.5. The highest BCUT2D eigenvalue weighted by molar-refractivity contribution is 5.91. The van der Waals surface area contributed by atoms with Crippen molar-refractivity contribution < 1.29 is 40.8 Å². The first kappa shape index (κ1) is 27.6. The minimum atomic E-state index is -4.73. The van der Waals surface area contributed by atoms with Gasteiger partial charge in [-0.2, -0.15) is 18.2 Å². The standard InChI is InChI=1S/C29H20F4N2O6/c1-2-38-28(37)17-5-3-4-16(10-17)23-15-40-24-14-21(6-7-22(24)26(23)36)39-9-8-25-34-27(35-41-25)18-11-19(29(31,32)33)13-20(30)12-18/h3-7,10-15H,2,8-9H2,1H3. The number of aromatic nitrogens is 2. The Bertz CT molecular complexity index is 1790. The average Bonchev–Trinajstić information content (AvgIpc) is 3.42. The van der Waals surface area contributed by atoms with E-state index in [9.17, 15) is 27.2 Å². The zero-order valence-corrected chi connectivity index (χ0v) is 21.3. The Morgan fingerprint density at radius 1 is 1.02 bits per heavy atom. The van der Waals surface area contributed by atoms with Crippen molar-refractivity contribution in [1.29, 1.82) is 0 Å². The van der Waals surface area contributed by atoms with E-state index in [1.807, 2.05) is 0 Å². The number of carbonyl (C=O) groups is 1. The van der Waals surface area contributed by atoms with Crippen LogP contribution in [0.4, 0.5) is 17.6 Å². The molecule has 0 atom stereocenters. The predicted octanol–water partition coefficient (Wildman–Crippen LogP) is 6.47. The van der Waals surface area contributed by atoms with E-state index < -0.39 is 23.5 Å². The third kappa shape index (κ3) is 6.11. The summed E-state index contributed by atoms with van der Waals surface area (Å²) in [7, 11) is 0. The van der Waals surface area contributed by atoms with Crippen molar-refractivity contribution in [2.24, 2.45) is 0 Å². The Hall–Kier alpha value is -5.00. The van der Waals surface area contributed by atoms with Crippen molar-refractivity contribution in [2.45, 2.75) is 19.5 Å². The summed E-state index contributed by atoms with van der Waals surface area (Å²) >= 11 is 0. The van der Waals surface area contributed by atoms with E-state index in [-0.39, 0.29) is 53.5 Å². The smallest absolute Gasteiger partial charge is 0.416 e. The molecule has 210 valence electrons. The number of hydrogen-bond acceptors (Lipinski definition) is 8. The molecule has 0 spiro atoms. The van der Waals surface area contributed by atoms with Gasteiger partial charge in [-0.15, -0.1) is 0 Å². The average molecular weight is 568 g/mol. The van der Waals surface area contributed by atoms with Crippen LogP contribution in [0.5, 0.6) is 5.75 Å². The van der Waals surface area contributed by atoms with Crippen LogP contribution in [0.1, 0.15) is 28.7 Å². The first-order valence-corrected chi connectivity index (χ1v) is 12.3. The maximum Gasteiger partial charge on any atom is 0.416 e.